The summed E-state index contributed by atoms with van der Waals surface area (Å²) < 4.78 is 2.79. The van der Waals surface area contributed by atoms with Gasteiger partial charge in [-0.2, -0.15) is 0 Å². The Morgan fingerprint density at radius 2 is 0.792 bits per heavy atom. The molecule has 0 saturated heterocycles. The summed E-state index contributed by atoms with van der Waals surface area (Å²) in [5, 5.41) is 5.51. The molecule has 0 bridgehead atoms. The first-order valence-electron chi connectivity index (χ1n) is 16.3. The Hall–Kier alpha value is -2.56. The van der Waals surface area contributed by atoms with E-state index in [1.54, 1.807) is 0 Å². The zero-order valence-corrected chi connectivity index (χ0v) is 30.3. The van der Waals surface area contributed by atoms with E-state index in [1.165, 1.54) is 38.4 Å². The van der Waals surface area contributed by atoms with E-state index >= 15 is 0 Å². The predicted octanol–water partition coefficient (Wildman–Crippen LogP) is 9.37. The molecule has 2 aliphatic rings. The summed E-state index contributed by atoms with van der Waals surface area (Å²) >= 11 is 0. The van der Waals surface area contributed by atoms with E-state index in [-0.39, 0.29) is 29.2 Å². The van der Waals surface area contributed by atoms with E-state index in [0.717, 1.165) is 0 Å². The second-order valence-electron chi connectivity index (χ2n) is 11.5. The van der Waals surface area contributed by atoms with Crippen molar-refractivity contribution in [1.82, 2.24) is 4.67 Å². The first-order chi connectivity index (χ1) is 23.2. The van der Waals surface area contributed by atoms with E-state index in [9.17, 15) is 0 Å². The SMILES string of the molecule is C[C@H](c1ccccc1)N([C@@H](C)[C]1[CH][CH][CH][C]1P(c1ccccc1)c1ccccc1)P(c1ccccc1)c1ccccc1.[CH]1[CH][CH][CH][CH]1.[Fe+2]. The quantitative estimate of drug-likeness (QED) is 0.104. The maximum absolute atomic E-state index is 2.79. The van der Waals surface area contributed by atoms with Gasteiger partial charge in [0.25, 0.3) is 0 Å². The molecule has 2 aliphatic carbocycles. The normalized spacial score (nSPS) is 16.4. The Morgan fingerprint density at radius 1 is 0.417 bits per heavy atom. The molecule has 7 rings (SSSR count). The fourth-order valence-corrected chi connectivity index (χ4v) is 11.4. The van der Waals surface area contributed by atoms with Crippen LogP contribution < -0.4 is 21.2 Å². The molecule has 2 saturated carbocycles. The molecule has 0 heterocycles. The van der Waals surface area contributed by atoms with Gasteiger partial charge in [0, 0.05) is 31.7 Å². The molecule has 238 valence electrons. The predicted molar refractivity (Wildman–Crippen MR) is 205 cm³/mol. The van der Waals surface area contributed by atoms with Gasteiger partial charge in [0.2, 0.25) is 0 Å². The van der Waals surface area contributed by atoms with Crippen LogP contribution in [-0.2, 0) is 17.1 Å². The minimum absolute atomic E-state index is 0. The second-order valence-corrected chi connectivity index (χ2v) is 15.8. The summed E-state index contributed by atoms with van der Waals surface area (Å²) in [6, 6.07) is 55.7. The third-order valence-electron chi connectivity index (χ3n) is 8.41. The molecule has 48 heavy (non-hydrogen) atoms. The zero-order valence-electron chi connectivity index (χ0n) is 27.4. The Labute approximate surface area is 303 Å². The Balaban J connectivity index is 0.000000689. The van der Waals surface area contributed by atoms with Crippen molar-refractivity contribution >= 4 is 37.2 Å². The Kier molecular flexibility index (Phi) is 14.5. The molecule has 0 unspecified atom stereocenters. The average molecular weight is 702 g/mol. The molecular formula is C44H41FeNP2+2. The summed E-state index contributed by atoms with van der Waals surface area (Å²) in [7, 11) is -1.53. The smallest absolute Gasteiger partial charge is 0.264 e. The number of nitrogens with zero attached hydrogens (tertiary/aromatic N) is 1. The van der Waals surface area contributed by atoms with Crippen LogP contribution in [0.5, 0.6) is 0 Å². The van der Waals surface area contributed by atoms with Crippen molar-refractivity contribution in [2.45, 2.75) is 25.9 Å². The number of benzene rings is 5. The first kappa shape index (κ1) is 36.7. The van der Waals surface area contributed by atoms with Gasteiger partial charge in [0.05, 0.1) is 0 Å². The molecule has 5 aromatic carbocycles. The van der Waals surface area contributed by atoms with Crippen LogP contribution >= 0.6 is 16.0 Å². The minimum atomic E-state index is -0.821. The van der Waals surface area contributed by atoms with Crippen LogP contribution in [0.25, 0.3) is 0 Å². The van der Waals surface area contributed by atoms with Crippen molar-refractivity contribution < 1.29 is 17.1 Å². The van der Waals surface area contributed by atoms with Crippen molar-refractivity contribution in [3.63, 3.8) is 0 Å². The Morgan fingerprint density at radius 3 is 1.21 bits per heavy atom. The van der Waals surface area contributed by atoms with Crippen LogP contribution in [0.2, 0.25) is 0 Å². The monoisotopic (exact) mass is 701 g/mol. The van der Waals surface area contributed by atoms with E-state index < -0.39 is 16.0 Å². The van der Waals surface area contributed by atoms with Crippen molar-refractivity contribution in [3.05, 3.63) is 220 Å². The maximum atomic E-state index is 2.79. The van der Waals surface area contributed by atoms with Crippen molar-refractivity contribution in [3.8, 4) is 0 Å². The molecule has 0 N–H and O–H groups in total. The Bertz CT molecular complexity index is 1500. The minimum Gasteiger partial charge on any atom is -0.264 e. The van der Waals surface area contributed by atoms with Gasteiger partial charge in [-0.05, 0) is 99.9 Å². The first-order valence-corrected chi connectivity index (χ1v) is 18.9. The van der Waals surface area contributed by atoms with Crippen LogP contribution in [0.1, 0.15) is 25.5 Å². The number of hydrogen-bond donors (Lipinski definition) is 0. The van der Waals surface area contributed by atoms with Gasteiger partial charge in [0.1, 0.15) is 0 Å². The van der Waals surface area contributed by atoms with Gasteiger partial charge < -0.3 is 0 Å². The zero-order chi connectivity index (χ0) is 32.3. The van der Waals surface area contributed by atoms with Crippen LogP contribution in [0.3, 0.4) is 0 Å². The van der Waals surface area contributed by atoms with E-state index in [4.69, 9.17) is 0 Å². The summed E-state index contributed by atoms with van der Waals surface area (Å²) in [4.78, 5) is 0. The van der Waals surface area contributed by atoms with Crippen molar-refractivity contribution in [1.29, 1.82) is 0 Å². The van der Waals surface area contributed by atoms with Gasteiger partial charge >= 0.3 is 17.1 Å². The summed E-state index contributed by atoms with van der Waals surface area (Å²) in [5.74, 6) is 1.41. The fraction of sp³-hybridized carbons (Fsp3) is 0.0909. The van der Waals surface area contributed by atoms with E-state index in [2.05, 4.69) is 189 Å². The topological polar surface area (TPSA) is 3.24 Å². The number of rotatable bonds is 10. The van der Waals surface area contributed by atoms with Crippen LogP contribution in [-0.4, -0.2) is 10.7 Å². The fourth-order valence-electron chi connectivity index (χ4n) is 6.15. The molecule has 0 amide bonds. The van der Waals surface area contributed by atoms with Crippen molar-refractivity contribution in [2.24, 2.45) is 0 Å². The van der Waals surface area contributed by atoms with Crippen LogP contribution in [0.15, 0.2) is 152 Å². The van der Waals surface area contributed by atoms with Gasteiger partial charge in [-0.1, -0.05) is 152 Å². The van der Waals surface area contributed by atoms with E-state index in [0.29, 0.717) is 0 Å². The molecule has 2 fully saturated rings. The molecule has 1 nitrogen and oxygen atoms in total. The molecular weight excluding hydrogens is 660 g/mol. The molecule has 0 aliphatic heterocycles. The summed E-state index contributed by atoms with van der Waals surface area (Å²) in [6.07, 6.45) is 17.0. The second kappa shape index (κ2) is 19.0. The van der Waals surface area contributed by atoms with Gasteiger partial charge in [-0.15, -0.1) is 0 Å². The molecule has 2 atom stereocenters. The molecule has 0 spiro atoms. The van der Waals surface area contributed by atoms with E-state index in [1.807, 2.05) is 32.1 Å². The molecule has 0 aromatic heterocycles. The number of hydrogen-bond acceptors (Lipinski definition) is 1. The summed E-state index contributed by atoms with van der Waals surface area (Å²) in [6.45, 7) is 4.80. The molecule has 5 aromatic rings. The molecule has 10 radical (unpaired) electrons. The van der Waals surface area contributed by atoms with Gasteiger partial charge in [0.15, 0.2) is 0 Å². The van der Waals surface area contributed by atoms with Crippen molar-refractivity contribution in [2.75, 3.05) is 0 Å². The average Bonchev–Trinajstić information content (AvgIpc) is 3.89. The largest absolute Gasteiger partial charge is 2.00 e. The summed E-state index contributed by atoms with van der Waals surface area (Å²) in [5.41, 5.74) is 2.78. The van der Waals surface area contributed by atoms with Crippen LogP contribution in [0, 0.1) is 62.9 Å². The third-order valence-corrected chi connectivity index (χ3v) is 13.7. The molecule has 4 heteroatoms. The van der Waals surface area contributed by atoms with Gasteiger partial charge in [-0.3, -0.25) is 4.67 Å². The third kappa shape index (κ3) is 9.16. The van der Waals surface area contributed by atoms with Gasteiger partial charge in [-0.25, -0.2) is 0 Å². The maximum Gasteiger partial charge on any atom is 2.00 e. The standard InChI is InChI=1S/C39H36NP2.C5H5.Fe/c1-31(33-19-8-3-9-20-33)40(42(36-25-14-6-15-26-36)37-27-16-7-17-28-37)32(2)38-29-18-30-39(38)41(34-21-10-4-11-22-34)35-23-12-5-13-24-35;1-2-4-5-3-1;/h3-32H,1-2H3;1-5H;/q;;+2/t31-,32+;;/m1../s1. The van der Waals surface area contributed by atoms with Crippen LogP contribution in [0.4, 0.5) is 0 Å².